The maximum atomic E-state index is 13.0. The molecule has 7 heteroatoms. The lowest BCUT2D eigenvalue weighted by atomic mass is 10.1. The van der Waals surface area contributed by atoms with Crippen LogP contribution in [-0.2, 0) is 16.1 Å². The lowest BCUT2D eigenvalue weighted by Gasteiger charge is -2.09. The molecule has 1 saturated heterocycles. The van der Waals surface area contributed by atoms with Crippen LogP contribution >= 0.6 is 0 Å². The third-order valence-corrected chi connectivity index (χ3v) is 4.74. The van der Waals surface area contributed by atoms with Crippen LogP contribution in [0.2, 0.25) is 0 Å². The molecule has 0 amide bonds. The van der Waals surface area contributed by atoms with E-state index >= 15 is 0 Å². The molecule has 0 bridgehead atoms. The number of hydrogen-bond acceptors (Lipinski definition) is 5. The van der Waals surface area contributed by atoms with E-state index in [0.717, 1.165) is 6.42 Å². The maximum absolute atomic E-state index is 13.0. The van der Waals surface area contributed by atoms with Gasteiger partial charge in [0.05, 0.1) is 26.0 Å². The highest BCUT2D eigenvalue weighted by Gasteiger charge is 2.24. The molecule has 1 unspecified atom stereocenters. The Morgan fingerprint density at radius 3 is 2.86 bits per heavy atom. The quantitative estimate of drug-likeness (QED) is 0.404. The minimum Gasteiger partial charge on any atom is -0.477 e. The number of hydrogen-bond donors (Lipinski definition) is 1. The van der Waals surface area contributed by atoms with Crippen molar-refractivity contribution in [3.63, 3.8) is 0 Å². The zero-order valence-electron chi connectivity index (χ0n) is 15.4. The summed E-state index contributed by atoms with van der Waals surface area (Å²) in [5.41, 5.74) is 1.31. The Morgan fingerprint density at radius 2 is 2.07 bits per heavy atom. The third kappa shape index (κ3) is 3.61. The predicted molar refractivity (Wildman–Crippen MR) is 104 cm³/mol. The third-order valence-electron chi connectivity index (χ3n) is 4.74. The summed E-state index contributed by atoms with van der Waals surface area (Å²) in [6.07, 6.45) is 4.79. The van der Waals surface area contributed by atoms with Crippen LogP contribution in [0, 0.1) is 0 Å². The van der Waals surface area contributed by atoms with Gasteiger partial charge in [-0.3, -0.25) is 0 Å². The average molecular weight is 380 g/mol. The zero-order valence-corrected chi connectivity index (χ0v) is 15.4. The molecule has 2 aromatic heterocycles. The highest BCUT2D eigenvalue weighted by molar-refractivity contribution is 5.67. The zero-order chi connectivity index (χ0) is 19.3. The Morgan fingerprint density at radius 1 is 1.25 bits per heavy atom. The van der Waals surface area contributed by atoms with E-state index in [-0.39, 0.29) is 23.1 Å². The summed E-state index contributed by atoms with van der Waals surface area (Å²) in [5, 5.41) is 14.9. The number of rotatable bonds is 6. The lowest BCUT2D eigenvalue weighted by Crippen LogP contribution is -2.41. The Labute approximate surface area is 162 Å². The van der Waals surface area contributed by atoms with Gasteiger partial charge in [0.2, 0.25) is 0 Å². The van der Waals surface area contributed by atoms with Gasteiger partial charge >= 0.3 is 5.56 Å². The Balaban J connectivity index is 1.65. The molecule has 1 aliphatic heterocycles. The first-order chi connectivity index (χ1) is 13.8. The van der Waals surface area contributed by atoms with Crippen molar-refractivity contribution in [3.8, 4) is 17.0 Å². The normalized spacial score (nSPS) is 16.8. The van der Waals surface area contributed by atoms with Gasteiger partial charge in [0.15, 0.2) is 11.7 Å². The molecule has 1 fully saturated rings. The second kappa shape index (κ2) is 8.22. The fraction of sp³-hybridized carbons (Fsp3) is 0.286. The average Bonchev–Trinajstić information content (AvgIpc) is 3.24. The number of nitrogens with zero attached hydrogens (tertiary/aromatic N) is 3. The molecule has 1 aromatic carbocycles. The molecular formula is C21H22N3O4+. The van der Waals surface area contributed by atoms with Gasteiger partial charge in [0.1, 0.15) is 0 Å². The fourth-order valence-corrected chi connectivity index (χ4v) is 3.33. The molecule has 0 aliphatic carbocycles. The first kappa shape index (κ1) is 18.2. The van der Waals surface area contributed by atoms with E-state index in [1.807, 2.05) is 36.4 Å². The van der Waals surface area contributed by atoms with E-state index in [1.54, 1.807) is 33.5 Å². The number of aromatic hydroxyl groups is 1. The fourth-order valence-electron chi connectivity index (χ4n) is 3.33. The highest BCUT2D eigenvalue weighted by Crippen LogP contribution is 2.22. The van der Waals surface area contributed by atoms with E-state index in [2.05, 4.69) is 5.16 Å². The molecule has 7 nitrogen and oxygen atoms in total. The Hall–Kier alpha value is -3.19. The number of oxime groups is 1. The van der Waals surface area contributed by atoms with E-state index in [1.165, 1.54) is 0 Å². The molecule has 1 N–H and O–H groups in total. The van der Waals surface area contributed by atoms with Crippen LogP contribution in [0.4, 0.5) is 0 Å². The molecule has 1 aliphatic rings. The number of fused-ring (bicyclic) bond motifs is 1. The van der Waals surface area contributed by atoms with E-state index in [0.29, 0.717) is 37.4 Å². The standard InChI is InChI=1S/C21H21N3O4/c25-20-19(16-7-2-1-3-8-16)21(26)24(18-9-4-5-12-23(18)20)13-6-11-22-28-17-10-14-27-15-17/h1-5,7-9,11-12,17H,6,10,13-15H2/p+1/b22-11+. The van der Waals surface area contributed by atoms with Gasteiger partial charge in [-0.1, -0.05) is 41.6 Å². The van der Waals surface area contributed by atoms with Crippen LogP contribution in [0.5, 0.6) is 5.88 Å². The van der Waals surface area contributed by atoms with Gasteiger partial charge in [-0.2, -0.15) is 8.97 Å². The summed E-state index contributed by atoms with van der Waals surface area (Å²) in [6.45, 7) is 1.73. The Kier molecular flexibility index (Phi) is 5.34. The molecular weight excluding hydrogens is 358 g/mol. The van der Waals surface area contributed by atoms with Crippen LogP contribution in [-0.4, -0.2) is 35.0 Å². The van der Waals surface area contributed by atoms with Crippen molar-refractivity contribution in [1.82, 2.24) is 4.40 Å². The van der Waals surface area contributed by atoms with E-state index < -0.39 is 0 Å². The number of aromatic nitrogens is 2. The minimum atomic E-state index is -0.256. The van der Waals surface area contributed by atoms with Gasteiger partial charge in [-0.15, -0.1) is 0 Å². The minimum absolute atomic E-state index is 0.0121. The van der Waals surface area contributed by atoms with E-state index in [4.69, 9.17) is 9.57 Å². The summed E-state index contributed by atoms with van der Waals surface area (Å²) in [6, 6.07) is 14.6. The summed E-state index contributed by atoms with van der Waals surface area (Å²) < 4.78 is 8.51. The Bertz CT molecular complexity index is 1040. The molecule has 4 rings (SSSR count). The number of ether oxygens (including phenoxy) is 1. The molecule has 144 valence electrons. The first-order valence-electron chi connectivity index (χ1n) is 9.32. The SMILES string of the molecule is O=c1c(-c2ccccc2)c(O)[n+](CC/C=N/OC2CCOC2)c2ccccn12. The van der Waals surface area contributed by atoms with Crippen LogP contribution in [0.3, 0.4) is 0 Å². The summed E-state index contributed by atoms with van der Waals surface area (Å²) in [7, 11) is 0. The maximum Gasteiger partial charge on any atom is 0.354 e. The number of aryl methyl sites for hydroxylation is 1. The van der Waals surface area contributed by atoms with Gasteiger partial charge in [0, 0.05) is 25.1 Å². The summed E-state index contributed by atoms with van der Waals surface area (Å²) in [5.74, 6) is -0.0547. The van der Waals surface area contributed by atoms with Crippen molar-refractivity contribution < 1.29 is 19.2 Å². The molecule has 28 heavy (non-hydrogen) atoms. The van der Waals surface area contributed by atoms with Crippen molar-refractivity contribution in [2.75, 3.05) is 13.2 Å². The van der Waals surface area contributed by atoms with Crippen molar-refractivity contribution >= 4 is 11.9 Å². The predicted octanol–water partition coefficient (Wildman–Crippen LogP) is 2.14. The molecule has 0 radical (unpaired) electrons. The molecule has 1 atom stereocenters. The largest absolute Gasteiger partial charge is 0.477 e. The summed E-state index contributed by atoms with van der Waals surface area (Å²) >= 11 is 0. The van der Waals surface area contributed by atoms with Crippen LogP contribution in [0.25, 0.3) is 16.8 Å². The van der Waals surface area contributed by atoms with Crippen LogP contribution < -0.4 is 10.1 Å². The molecule has 3 aromatic rings. The van der Waals surface area contributed by atoms with Crippen molar-refractivity contribution in [2.45, 2.75) is 25.5 Å². The van der Waals surface area contributed by atoms with E-state index in [9.17, 15) is 9.90 Å². The van der Waals surface area contributed by atoms with Crippen LogP contribution in [0.1, 0.15) is 12.8 Å². The topological polar surface area (TPSA) is 76.4 Å². The number of pyridine rings is 1. The van der Waals surface area contributed by atoms with Gasteiger partial charge in [-0.25, -0.2) is 4.79 Å². The van der Waals surface area contributed by atoms with Gasteiger partial charge in [0.25, 0.3) is 11.5 Å². The second-order valence-electron chi connectivity index (χ2n) is 6.62. The monoisotopic (exact) mass is 380 g/mol. The van der Waals surface area contributed by atoms with Crippen molar-refractivity contribution in [3.05, 3.63) is 65.1 Å². The first-order valence-corrected chi connectivity index (χ1v) is 9.32. The van der Waals surface area contributed by atoms with Crippen molar-refractivity contribution in [1.29, 1.82) is 0 Å². The molecule has 0 saturated carbocycles. The molecule has 3 heterocycles. The van der Waals surface area contributed by atoms with Gasteiger partial charge in [-0.05, 0) is 11.6 Å². The lowest BCUT2D eigenvalue weighted by molar-refractivity contribution is -0.678. The van der Waals surface area contributed by atoms with Gasteiger partial charge < -0.3 is 14.7 Å². The van der Waals surface area contributed by atoms with Crippen LogP contribution in [0.15, 0.2) is 64.7 Å². The smallest absolute Gasteiger partial charge is 0.354 e. The van der Waals surface area contributed by atoms with Crippen molar-refractivity contribution in [2.24, 2.45) is 5.16 Å². The summed E-state index contributed by atoms with van der Waals surface area (Å²) in [4.78, 5) is 18.3. The highest BCUT2D eigenvalue weighted by atomic mass is 16.7. The number of benzene rings is 1. The molecule has 0 spiro atoms. The second-order valence-corrected chi connectivity index (χ2v) is 6.62.